The van der Waals surface area contributed by atoms with Crippen LogP contribution in [0.5, 0.6) is 0 Å². The smallest absolute Gasteiger partial charge is 0.218 e. The second-order valence-corrected chi connectivity index (χ2v) is 10.7. The van der Waals surface area contributed by atoms with Crippen molar-refractivity contribution in [3.8, 4) is 0 Å². The van der Waals surface area contributed by atoms with E-state index < -0.39 is 7.92 Å². The van der Waals surface area contributed by atoms with E-state index in [1.54, 1.807) is 0 Å². The van der Waals surface area contributed by atoms with Gasteiger partial charge in [0.05, 0.1) is 11.6 Å². The molecule has 0 N–H and O–H groups in total. The van der Waals surface area contributed by atoms with Crippen LogP contribution in [0.3, 0.4) is 0 Å². The Kier molecular flexibility index (Phi) is 5.89. The van der Waals surface area contributed by atoms with Crippen LogP contribution < -0.4 is 10.6 Å². The van der Waals surface area contributed by atoms with Crippen molar-refractivity contribution in [2.75, 3.05) is 0 Å². The van der Waals surface area contributed by atoms with Crippen LogP contribution in [0.25, 0.3) is 0 Å². The molecular formula is C27H23BrNOP. The largest absolute Gasteiger partial charge is 0.473 e. The monoisotopic (exact) mass is 487 g/mol. The molecule has 3 aromatic carbocycles. The zero-order valence-electron chi connectivity index (χ0n) is 17.3. The third-order valence-corrected chi connectivity index (χ3v) is 8.87. The molecule has 0 bridgehead atoms. The fraction of sp³-hybridized carbons (Fsp3) is 0.148. The quantitative estimate of drug-likeness (QED) is 0.378. The van der Waals surface area contributed by atoms with Gasteiger partial charge in [0.1, 0.15) is 6.61 Å². The summed E-state index contributed by atoms with van der Waals surface area (Å²) in [5.74, 6) is 0.742. The fourth-order valence-corrected chi connectivity index (χ4v) is 7.40. The third kappa shape index (κ3) is 4.05. The molecule has 3 aromatic rings. The number of benzene rings is 3. The van der Waals surface area contributed by atoms with E-state index in [4.69, 9.17) is 9.73 Å². The molecule has 2 aliphatic rings. The first-order valence-corrected chi connectivity index (χ1v) is 12.6. The number of aliphatic imine (C=N–C) groups is 1. The molecule has 31 heavy (non-hydrogen) atoms. The van der Waals surface area contributed by atoms with Gasteiger partial charge in [0.25, 0.3) is 0 Å². The van der Waals surface area contributed by atoms with Crippen LogP contribution in [-0.2, 0) is 11.3 Å². The van der Waals surface area contributed by atoms with Crippen molar-refractivity contribution >= 4 is 40.4 Å². The van der Waals surface area contributed by atoms with E-state index in [0.29, 0.717) is 6.61 Å². The number of nitrogens with zero attached hydrogens (tertiary/aromatic N) is 1. The molecule has 0 saturated carbocycles. The zero-order valence-corrected chi connectivity index (χ0v) is 19.8. The van der Waals surface area contributed by atoms with Crippen LogP contribution in [-0.4, -0.2) is 11.9 Å². The molecule has 0 radical (unpaired) electrons. The summed E-state index contributed by atoms with van der Waals surface area (Å²) in [7, 11) is -0.627. The minimum Gasteiger partial charge on any atom is -0.473 e. The predicted octanol–water partition coefficient (Wildman–Crippen LogP) is 6.46. The fourth-order valence-electron chi connectivity index (χ4n) is 4.20. The summed E-state index contributed by atoms with van der Waals surface area (Å²) < 4.78 is 7.02. The molecule has 0 amide bonds. The van der Waals surface area contributed by atoms with Gasteiger partial charge >= 0.3 is 0 Å². The van der Waals surface area contributed by atoms with Crippen LogP contribution in [0.1, 0.15) is 24.5 Å². The molecule has 0 fully saturated rings. The molecule has 0 aromatic heterocycles. The molecule has 0 saturated heterocycles. The van der Waals surface area contributed by atoms with Crippen molar-refractivity contribution in [1.29, 1.82) is 0 Å². The number of fused-ring (bicyclic) bond motifs is 1. The number of rotatable bonds is 5. The highest BCUT2D eigenvalue weighted by Crippen LogP contribution is 2.50. The standard InChI is InChI=1S/C27H23BrNOP/c1-19(29-27-26-20(18-30-27)10-8-16-24(26)28)23-15-9-17-25(23)31(21-11-4-2-5-12-21)22-13-6-3-7-14-22/h2-8,10-17,19H,9,18H2,1H3/b29-27-/t19-/m1/s1. The molecule has 4 heteroatoms. The highest BCUT2D eigenvalue weighted by atomic mass is 79.9. The Balaban J connectivity index is 1.51. The Morgan fingerprint density at radius 2 is 1.55 bits per heavy atom. The lowest BCUT2D eigenvalue weighted by Gasteiger charge is -2.24. The lowest BCUT2D eigenvalue weighted by Crippen LogP contribution is -2.16. The van der Waals surface area contributed by atoms with Gasteiger partial charge in [-0.2, -0.15) is 0 Å². The first-order valence-electron chi connectivity index (χ1n) is 10.5. The van der Waals surface area contributed by atoms with Gasteiger partial charge in [-0.25, -0.2) is 4.99 Å². The molecule has 5 rings (SSSR count). The maximum Gasteiger partial charge on any atom is 0.218 e. The molecule has 1 aliphatic heterocycles. The summed E-state index contributed by atoms with van der Waals surface area (Å²) in [6.45, 7) is 2.77. The van der Waals surface area contributed by atoms with Gasteiger partial charge in [0.2, 0.25) is 5.90 Å². The van der Waals surface area contributed by atoms with E-state index in [-0.39, 0.29) is 6.04 Å². The highest BCUT2D eigenvalue weighted by Gasteiger charge is 2.28. The third-order valence-electron chi connectivity index (χ3n) is 5.65. The van der Waals surface area contributed by atoms with Crippen LogP contribution in [0.15, 0.2) is 111 Å². The van der Waals surface area contributed by atoms with Crippen LogP contribution in [0.4, 0.5) is 0 Å². The molecule has 1 atom stereocenters. The Hall–Kier alpha value is -2.48. The molecule has 154 valence electrons. The molecule has 0 spiro atoms. The van der Waals surface area contributed by atoms with Gasteiger partial charge in [0, 0.05) is 10.0 Å². The van der Waals surface area contributed by atoms with Crippen LogP contribution in [0, 0.1) is 0 Å². The Bertz CT molecular complexity index is 1140. The number of allylic oxidation sites excluding steroid dienone is 2. The average Bonchev–Trinajstić information content (AvgIpc) is 3.44. The van der Waals surface area contributed by atoms with Crippen LogP contribution >= 0.6 is 23.9 Å². The van der Waals surface area contributed by atoms with E-state index >= 15 is 0 Å². The first-order chi connectivity index (χ1) is 15.2. The van der Waals surface area contributed by atoms with Gasteiger partial charge < -0.3 is 4.74 Å². The van der Waals surface area contributed by atoms with Gasteiger partial charge in [-0.1, -0.05) is 84.9 Å². The van der Waals surface area contributed by atoms with Gasteiger partial charge in [-0.3, -0.25) is 0 Å². The minimum absolute atomic E-state index is 0.0271. The summed E-state index contributed by atoms with van der Waals surface area (Å²) in [5.41, 5.74) is 3.59. The van der Waals surface area contributed by atoms with E-state index in [1.165, 1.54) is 27.1 Å². The van der Waals surface area contributed by atoms with Crippen molar-refractivity contribution in [3.63, 3.8) is 0 Å². The topological polar surface area (TPSA) is 21.6 Å². The van der Waals surface area contributed by atoms with Gasteiger partial charge in [-0.15, -0.1) is 0 Å². The number of ether oxygens (including phenoxy) is 1. The minimum atomic E-state index is -0.627. The Morgan fingerprint density at radius 1 is 0.871 bits per heavy atom. The second-order valence-electron chi connectivity index (χ2n) is 7.66. The highest BCUT2D eigenvalue weighted by molar-refractivity contribution is 9.10. The summed E-state index contributed by atoms with van der Waals surface area (Å²) in [4.78, 5) is 5.05. The lowest BCUT2D eigenvalue weighted by atomic mass is 10.1. The van der Waals surface area contributed by atoms with Crippen molar-refractivity contribution in [3.05, 3.63) is 118 Å². The zero-order chi connectivity index (χ0) is 21.2. The molecule has 1 heterocycles. The Labute approximate surface area is 193 Å². The normalized spacial score (nSPS) is 17.3. The summed E-state index contributed by atoms with van der Waals surface area (Å²) in [6.07, 6.45) is 5.68. The molecular weight excluding hydrogens is 465 g/mol. The molecule has 0 unspecified atom stereocenters. The van der Waals surface area contributed by atoms with Crippen molar-refractivity contribution < 1.29 is 4.74 Å². The summed E-state index contributed by atoms with van der Waals surface area (Å²) >= 11 is 3.67. The predicted molar refractivity (Wildman–Crippen MR) is 135 cm³/mol. The van der Waals surface area contributed by atoms with Crippen LogP contribution in [0.2, 0.25) is 0 Å². The van der Waals surface area contributed by atoms with Crippen molar-refractivity contribution in [2.45, 2.75) is 26.0 Å². The van der Waals surface area contributed by atoms with Gasteiger partial charge in [-0.05, 0) is 64.8 Å². The molecule has 1 aliphatic carbocycles. The lowest BCUT2D eigenvalue weighted by molar-refractivity contribution is 0.310. The summed E-state index contributed by atoms with van der Waals surface area (Å²) in [5, 5.41) is 4.15. The first kappa shape index (κ1) is 20.4. The number of hydrogen-bond acceptors (Lipinski definition) is 2. The van der Waals surface area contributed by atoms with E-state index in [9.17, 15) is 0 Å². The molecule has 2 nitrogen and oxygen atoms in total. The summed E-state index contributed by atoms with van der Waals surface area (Å²) in [6, 6.07) is 28.0. The van der Waals surface area contributed by atoms with Crippen molar-refractivity contribution in [1.82, 2.24) is 0 Å². The number of halogens is 1. The van der Waals surface area contributed by atoms with E-state index in [1.807, 2.05) is 6.07 Å². The maximum atomic E-state index is 5.98. The van der Waals surface area contributed by atoms with Crippen molar-refractivity contribution in [2.24, 2.45) is 4.99 Å². The average molecular weight is 488 g/mol. The van der Waals surface area contributed by atoms with E-state index in [0.717, 1.165) is 22.4 Å². The number of hydrogen-bond donors (Lipinski definition) is 0. The maximum absolute atomic E-state index is 5.98. The SMILES string of the molecule is C[C@@H](/N=C1\OCc2cccc(Br)c21)C1=CCC=C1P(c1ccccc1)c1ccccc1. The second kappa shape index (κ2) is 8.94. The van der Waals surface area contributed by atoms with Gasteiger partial charge in [0.15, 0.2) is 0 Å². The van der Waals surface area contributed by atoms with E-state index in [2.05, 4.69) is 108 Å². The Morgan fingerprint density at radius 3 is 2.23 bits per heavy atom.